The first-order chi connectivity index (χ1) is 16.5. The number of carbonyl (C=O) groups is 1. The normalized spacial score (nSPS) is 16.7. The summed E-state index contributed by atoms with van der Waals surface area (Å²) in [5.41, 5.74) is 1.55. The number of aromatic nitrogens is 2. The van der Waals surface area contributed by atoms with E-state index in [0.29, 0.717) is 35.8 Å². The van der Waals surface area contributed by atoms with Crippen molar-refractivity contribution in [1.29, 1.82) is 0 Å². The predicted octanol–water partition coefficient (Wildman–Crippen LogP) is 4.15. The number of sulfonamides is 1. The van der Waals surface area contributed by atoms with Crippen LogP contribution in [0.5, 0.6) is 5.75 Å². The number of rotatable bonds is 7. The molecule has 11 heteroatoms. The van der Waals surface area contributed by atoms with Crippen LogP contribution < -0.4 is 9.64 Å². The highest BCUT2D eigenvalue weighted by atomic mass is 32.2. The second-order valence-electron chi connectivity index (χ2n) is 7.79. The number of carbonyl (C=O) groups excluding carboxylic acids is 1. The number of ether oxygens (including phenoxy) is 1. The van der Waals surface area contributed by atoms with Gasteiger partial charge in [-0.3, -0.25) is 14.7 Å². The van der Waals surface area contributed by atoms with E-state index in [4.69, 9.17) is 9.72 Å². The zero-order valence-corrected chi connectivity index (χ0v) is 20.8. The molecule has 1 fully saturated rings. The second-order valence-corrected chi connectivity index (χ2v) is 11.9. The van der Waals surface area contributed by atoms with Crippen molar-refractivity contribution in [3.8, 4) is 5.75 Å². The highest BCUT2D eigenvalue weighted by molar-refractivity contribution is 7.91. The van der Waals surface area contributed by atoms with E-state index in [1.165, 1.54) is 15.6 Å². The molecule has 1 amide bonds. The molecule has 1 saturated heterocycles. The number of amides is 1. The summed E-state index contributed by atoms with van der Waals surface area (Å²) in [6.45, 7) is 0.570. The van der Waals surface area contributed by atoms with Crippen LogP contribution in [0, 0.1) is 0 Å². The molecule has 4 aromatic rings. The van der Waals surface area contributed by atoms with E-state index in [9.17, 15) is 13.2 Å². The Bertz CT molecular complexity index is 1400. The number of hydrogen-bond acceptors (Lipinski definition) is 8. The van der Waals surface area contributed by atoms with Crippen molar-refractivity contribution in [2.24, 2.45) is 0 Å². The van der Waals surface area contributed by atoms with E-state index in [1.54, 1.807) is 41.9 Å². The first-order valence-electron chi connectivity index (χ1n) is 10.7. The number of fused-ring (bicyclic) bond motifs is 1. The Labute approximate surface area is 205 Å². The number of para-hydroxylation sites is 1. The largest absolute Gasteiger partial charge is 0.494 e. The number of methoxy groups -OCH3 is 1. The van der Waals surface area contributed by atoms with Crippen LogP contribution in [0.1, 0.15) is 18.4 Å². The molecule has 0 N–H and O–H groups in total. The Morgan fingerprint density at radius 3 is 2.76 bits per heavy atom. The van der Waals surface area contributed by atoms with E-state index < -0.39 is 16.1 Å². The van der Waals surface area contributed by atoms with Gasteiger partial charge >= 0.3 is 0 Å². The number of thiazole rings is 1. The van der Waals surface area contributed by atoms with Gasteiger partial charge in [0.15, 0.2) is 5.13 Å². The Hall–Kier alpha value is -2.86. The van der Waals surface area contributed by atoms with E-state index >= 15 is 0 Å². The molecular weight excluding hydrogens is 492 g/mol. The third kappa shape index (κ3) is 4.20. The van der Waals surface area contributed by atoms with E-state index in [1.807, 2.05) is 30.3 Å². The third-order valence-electron chi connectivity index (χ3n) is 5.72. The maximum atomic E-state index is 14.0. The van der Waals surface area contributed by atoms with Crippen LogP contribution in [0.15, 0.2) is 64.4 Å². The molecule has 1 atom stereocenters. The van der Waals surface area contributed by atoms with Crippen molar-refractivity contribution in [1.82, 2.24) is 14.3 Å². The van der Waals surface area contributed by atoms with Gasteiger partial charge in [-0.2, -0.15) is 4.31 Å². The molecule has 1 aliphatic heterocycles. The van der Waals surface area contributed by atoms with E-state index in [0.717, 1.165) is 21.6 Å². The van der Waals surface area contributed by atoms with Gasteiger partial charge in [-0.05, 0) is 54.1 Å². The van der Waals surface area contributed by atoms with Crippen molar-refractivity contribution < 1.29 is 17.9 Å². The molecular formula is C23H22N4O4S3. The van der Waals surface area contributed by atoms with Crippen LogP contribution in [0.2, 0.25) is 0 Å². The molecule has 176 valence electrons. The van der Waals surface area contributed by atoms with Gasteiger partial charge < -0.3 is 4.74 Å². The molecule has 1 unspecified atom stereocenters. The minimum absolute atomic E-state index is 0.248. The van der Waals surface area contributed by atoms with Gasteiger partial charge in [-0.1, -0.05) is 23.5 Å². The Balaban J connectivity index is 1.54. The number of nitrogens with zero attached hydrogens (tertiary/aromatic N) is 4. The average molecular weight is 515 g/mol. The number of hydrogen-bond donors (Lipinski definition) is 0. The van der Waals surface area contributed by atoms with E-state index in [-0.39, 0.29) is 16.7 Å². The average Bonchev–Trinajstić information content (AvgIpc) is 3.62. The summed E-state index contributed by atoms with van der Waals surface area (Å²) in [6.07, 6.45) is 4.42. The highest BCUT2D eigenvalue weighted by Crippen LogP contribution is 2.36. The topological polar surface area (TPSA) is 92.7 Å². The molecule has 0 aliphatic carbocycles. The molecule has 8 nitrogen and oxygen atoms in total. The Morgan fingerprint density at radius 2 is 2.03 bits per heavy atom. The zero-order chi connectivity index (χ0) is 23.7. The van der Waals surface area contributed by atoms with Crippen LogP contribution in [-0.2, 0) is 21.4 Å². The lowest BCUT2D eigenvalue weighted by molar-refractivity contribution is -0.121. The molecule has 1 aromatic carbocycles. The van der Waals surface area contributed by atoms with Gasteiger partial charge in [0.1, 0.15) is 21.5 Å². The van der Waals surface area contributed by atoms with Gasteiger partial charge in [0.2, 0.25) is 5.91 Å². The highest BCUT2D eigenvalue weighted by Gasteiger charge is 2.42. The molecule has 3 aromatic heterocycles. The number of benzene rings is 1. The number of anilines is 1. The van der Waals surface area contributed by atoms with Crippen molar-refractivity contribution in [3.63, 3.8) is 0 Å². The second kappa shape index (κ2) is 9.41. The minimum Gasteiger partial charge on any atom is -0.494 e. The standard InChI is InChI=1S/C23H22N4O4S3/c1-31-18-6-2-7-19-21(18)25-23(33-19)26(15-16-9-11-24-12-10-16)22(28)17-5-3-13-27(17)34(29,30)20-8-4-14-32-20/h2,4,6-12,14,17H,3,5,13,15H2,1H3. The SMILES string of the molecule is COc1cccc2sc(N(Cc3ccncc3)C(=O)C3CCCN3S(=O)(=O)c3cccs3)nc12. The third-order valence-corrected chi connectivity index (χ3v) is 10.0. The van der Waals surface area contributed by atoms with Crippen molar-refractivity contribution in [2.75, 3.05) is 18.6 Å². The van der Waals surface area contributed by atoms with Crippen LogP contribution in [-0.4, -0.2) is 48.3 Å². The van der Waals surface area contributed by atoms with Crippen LogP contribution in [0.25, 0.3) is 10.2 Å². The van der Waals surface area contributed by atoms with Crippen LogP contribution >= 0.6 is 22.7 Å². The smallest absolute Gasteiger partial charge is 0.253 e. The summed E-state index contributed by atoms with van der Waals surface area (Å²) < 4.78 is 34.5. The van der Waals surface area contributed by atoms with E-state index in [2.05, 4.69) is 4.98 Å². The summed E-state index contributed by atoms with van der Waals surface area (Å²) in [4.78, 5) is 24.3. The minimum atomic E-state index is -3.76. The maximum absolute atomic E-state index is 14.0. The summed E-state index contributed by atoms with van der Waals surface area (Å²) in [5.74, 6) is 0.339. The number of thiophene rings is 1. The Kier molecular flexibility index (Phi) is 6.34. The van der Waals surface area contributed by atoms with Gasteiger partial charge in [-0.25, -0.2) is 13.4 Å². The first-order valence-corrected chi connectivity index (χ1v) is 13.8. The maximum Gasteiger partial charge on any atom is 0.253 e. The number of pyridine rings is 1. The van der Waals surface area contributed by atoms with Gasteiger partial charge in [0.25, 0.3) is 10.0 Å². The molecule has 34 heavy (non-hydrogen) atoms. The lowest BCUT2D eigenvalue weighted by Gasteiger charge is -2.28. The summed E-state index contributed by atoms with van der Waals surface area (Å²) in [5, 5.41) is 2.23. The summed E-state index contributed by atoms with van der Waals surface area (Å²) in [6, 6.07) is 11.8. The van der Waals surface area contributed by atoms with Crippen molar-refractivity contribution in [3.05, 3.63) is 65.8 Å². The summed E-state index contributed by atoms with van der Waals surface area (Å²) >= 11 is 2.54. The monoisotopic (exact) mass is 514 g/mol. The predicted molar refractivity (Wildman–Crippen MR) is 133 cm³/mol. The van der Waals surface area contributed by atoms with Gasteiger partial charge in [0.05, 0.1) is 18.4 Å². The molecule has 5 rings (SSSR count). The fraction of sp³-hybridized carbons (Fsp3) is 0.261. The molecule has 4 heterocycles. The van der Waals surface area contributed by atoms with Crippen molar-refractivity contribution in [2.45, 2.75) is 29.6 Å². The first kappa shape index (κ1) is 22.9. The quantitative estimate of drug-likeness (QED) is 0.368. The fourth-order valence-electron chi connectivity index (χ4n) is 4.08. The molecule has 1 aliphatic rings. The zero-order valence-electron chi connectivity index (χ0n) is 18.3. The van der Waals surface area contributed by atoms with Crippen LogP contribution in [0.4, 0.5) is 5.13 Å². The molecule has 0 radical (unpaired) electrons. The van der Waals surface area contributed by atoms with Gasteiger partial charge in [-0.15, -0.1) is 11.3 Å². The lowest BCUT2D eigenvalue weighted by Crippen LogP contribution is -2.47. The lowest BCUT2D eigenvalue weighted by atomic mass is 10.2. The fourth-order valence-corrected chi connectivity index (χ4v) is 7.84. The van der Waals surface area contributed by atoms with Crippen molar-refractivity contribution >= 4 is 54.0 Å². The molecule has 0 saturated carbocycles. The van der Waals surface area contributed by atoms with Crippen LogP contribution in [0.3, 0.4) is 0 Å². The molecule has 0 spiro atoms. The Morgan fingerprint density at radius 1 is 1.21 bits per heavy atom. The van der Waals surface area contributed by atoms with Gasteiger partial charge in [0, 0.05) is 18.9 Å². The molecule has 0 bridgehead atoms. The summed E-state index contributed by atoms with van der Waals surface area (Å²) in [7, 11) is -2.17.